The number of carbonyl (C=O) groups is 2. The van der Waals surface area contributed by atoms with Gasteiger partial charge in [0.2, 0.25) is 0 Å². The van der Waals surface area contributed by atoms with E-state index in [1.54, 1.807) is 0 Å². The maximum absolute atomic E-state index is 12.9. The quantitative estimate of drug-likeness (QED) is 0.762. The van der Waals surface area contributed by atoms with Crippen molar-refractivity contribution < 1.29 is 24.2 Å². The fourth-order valence-corrected chi connectivity index (χ4v) is 5.61. The lowest BCUT2D eigenvalue weighted by Crippen LogP contribution is -2.59. The Morgan fingerprint density at radius 2 is 1.65 bits per heavy atom. The van der Waals surface area contributed by atoms with Gasteiger partial charge >= 0.3 is 12.1 Å². The van der Waals surface area contributed by atoms with Gasteiger partial charge in [-0.15, -0.1) is 0 Å². The average molecular weight is 421 g/mol. The number of methoxy groups -OCH3 is 1. The molecule has 1 aliphatic heterocycles. The average Bonchev–Trinajstić information content (AvgIpc) is 3.30. The largest absolute Gasteiger partial charge is 0.469 e. The maximum Gasteiger partial charge on any atom is 0.409 e. The molecule has 1 saturated carbocycles. The predicted octanol–water partition coefficient (Wildman–Crippen LogP) is 3.72. The molecule has 2 fully saturated rings. The molecule has 6 heteroatoms. The van der Waals surface area contributed by atoms with Crippen LogP contribution < -0.4 is 0 Å². The van der Waals surface area contributed by atoms with E-state index in [-0.39, 0.29) is 25.0 Å². The number of fused-ring (bicyclic) bond motifs is 3. The summed E-state index contributed by atoms with van der Waals surface area (Å²) in [5.74, 6) is -0.387. The van der Waals surface area contributed by atoms with Crippen LogP contribution in [0.4, 0.5) is 4.79 Å². The van der Waals surface area contributed by atoms with E-state index in [1.165, 1.54) is 23.1 Å². The highest BCUT2D eigenvalue weighted by Gasteiger charge is 2.62. The highest BCUT2D eigenvalue weighted by Crippen LogP contribution is 2.53. The number of benzene rings is 2. The first kappa shape index (κ1) is 20.1. The molecular formula is C25H27NO5. The number of nitrogens with zero attached hydrogens (tertiary/aromatic N) is 1. The second-order valence-corrected chi connectivity index (χ2v) is 8.93. The first-order valence-corrected chi connectivity index (χ1v) is 10.9. The van der Waals surface area contributed by atoms with Crippen molar-refractivity contribution >= 4 is 12.1 Å². The van der Waals surface area contributed by atoms with Crippen LogP contribution in [0.25, 0.3) is 11.1 Å². The molecule has 162 valence electrons. The molecule has 2 aliphatic carbocycles. The third-order valence-corrected chi connectivity index (χ3v) is 7.52. The minimum absolute atomic E-state index is 0.00844. The standard InChI is InChI=1S/C25H27NO5/c1-30-22(27)24(11-6-12-24)25(29)13-14-26(16-25)23(28)31-15-21-19-9-4-2-7-17(19)18-8-3-5-10-20(18)21/h2-5,7-10,21,29H,6,11-16H2,1H3. The van der Waals surface area contributed by atoms with Gasteiger partial charge in [0.1, 0.15) is 12.2 Å². The van der Waals surface area contributed by atoms with E-state index < -0.39 is 17.1 Å². The first-order valence-electron chi connectivity index (χ1n) is 10.9. The number of ether oxygens (including phenoxy) is 2. The molecule has 0 spiro atoms. The number of hydrogen-bond donors (Lipinski definition) is 1. The number of β-amino-alcohol motifs (C(OH)–C–C–N with tert-alkyl or cyclic N) is 1. The highest BCUT2D eigenvalue weighted by molar-refractivity contribution is 5.81. The molecule has 1 N–H and O–H groups in total. The van der Waals surface area contributed by atoms with Crippen LogP contribution in [0.5, 0.6) is 0 Å². The van der Waals surface area contributed by atoms with Crippen molar-refractivity contribution in [1.29, 1.82) is 0 Å². The molecule has 0 bridgehead atoms. The normalized spacial score (nSPS) is 23.6. The zero-order valence-electron chi connectivity index (χ0n) is 17.7. The number of rotatable bonds is 4. The number of hydrogen-bond acceptors (Lipinski definition) is 5. The van der Waals surface area contributed by atoms with Crippen LogP contribution >= 0.6 is 0 Å². The summed E-state index contributed by atoms with van der Waals surface area (Å²) in [6.45, 7) is 0.703. The molecule has 0 radical (unpaired) electrons. The number of esters is 1. The zero-order valence-corrected chi connectivity index (χ0v) is 17.7. The van der Waals surface area contributed by atoms with E-state index in [0.29, 0.717) is 25.8 Å². The Morgan fingerprint density at radius 3 is 2.19 bits per heavy atom. The lowest BCUT2D eigenvalue weighted by atomic mass is 9.58. The lowest BCUT2D eigenvalue weighted by Gasteiger charge is -2.48. The van der Waals surface area contributed by atoms with E-state index in [1.807, 2.05) is 24.3 Å². The Morgan fingerprint density at radius 1 is 1.03 bits per heavy atom. The molecule has 1 saturated heterocycles. The number of carbonyl (C=O) groups excluding carboxylic acids is 2. The zero-order chi connectivity index (χ0) is 21.6. The molecule has 2 aromatic rings. The summed E-state index contributed by atoms with van der Waals surface area (Å²) in [4.78, 5) is 26.8. The topological polar surface area (TPSA) is 76.1 Å². The second-order valence-electron chi connectivity index (χ2n) is 8.93. The van der Waals surface area contributed by atoms with E-state index in [4.69, 9.17) is 9.47 Å². The van der Waals surface area contributed by atoms with Crippen LogP contribution in [0.2, 0.25) is 0 Å². The Bertz CT molecular complexity index is 985. The molecule has 1 amide bonds. The van der Waals surface area contributed by atoms with Crippen molar-refractivity contribution in [2.75, 3.05) is 26.8 Å². The number of aliphatic hydroxyl groups is 1. The molecule has 1 heterocycles. The predicted molar refractivity (Wildman–Crippen MR) is 115 cm³/mol. The summed E-state index contributed by atoms with van der Waals surface area (Å²) >= 11 is 0. The first-order chi connectivity index (χ1) is 15.0. The van der Waals surface area contributed by atoms with Crippen molar-refractivity contribution in [2.45, 2.75) is 37.2 Å². The van der Waals surface area contributed by atoms with Gasteiger partial charge in [-0.05, 0) is 41.5 Å². The third kappa shape index (κ3) is 2.96. The van der Waals surface area contributed by atoms with Crippen LogP contribution in [0, 0.1) is 5.41 Å². The molecular weight excluding hydrogens is 394 g/mol. The van der Waals surface area contributed by atoms with Crippen molar-refractivity contribution in [3.05, 3.63) is 59.7 Å². The van der Waals surface area contributed by atoms with Gasteiger partial charge in [-0.2, -0.15) is 0 Å². The summed E-state index contributed by atoms with van der Waals surface area (Å²) in [5.41, 5.74) is 2.52. The molecule has 5 rings (SSSR count). The molecule has 2 aromatic carbocycles. The van der Waals surface area contributed by atoms with Gasteiger partial charge in [0, 0.05) is 12.5 Å². The van der Waals surface area contributed by atoms with Gasteiger partial charge in [0.05, 0.1) is 19.1 Å². The summed E-state index contributed by atoms with van der Waals surface area (Å²) in [6.07, 6.45) is 1.97. The van der Waals surface area contributed by atoms with E-state index in [0.717, 1.165) is 17.5 Å². The Balaban J connectivity index is 1.29. The van der Waals surface area contributed by atoms with Crippen molar-refractivity contribution in [3.8, 4) is 11.1 Å². The Hall–Kier alpha value is -2.86. The van der Waals surface area contributed by atoms with E-state index >= 15 is 0 Å². The summed E-state index contributed by atoms with van der Waals surface area (Å²) in [6, 6.07) is 16.4. The van der Waals surface area contributed by atoms with Gasteiger partial charge in [-0.3, -0.25) is 4.79 Å². The van der Waals surface area contributed by atoms with Crippen LogP contribution in [0.3, 0.4) is 0 Å². The second kappa shape index (κ2) is 7.38. The van der Waals surface area contributed by atoms with Gasteiger partial charge in [-0.1, -0.05) is 55.0 Å². The molecule has 3 aliphatic rings. The van der Waals surface area contributed by atoms with Crippen LogP contribution in [0.1, 0.15) is 42.7 Å². The maximum atomic E-state index is 12.9. The summed E-state index contributed by atoms with van der Waals surface area (Å²) in [5, 5.41) is 11.3. The molecule has 1 atom stereocenters. The van der Waals surface area contributed by atoms with Gasteiger partial charge in [0.25, 0.3) is 0 Å². The van der Waals surface area contributed by atoms with Crippen molar-refractivity contribution in [3.63, 3.8) is 0 Å². The number of likely N-dealkylation sites (tertiary alicyclic amines) is 1. The Kier molecular flexibility index (Phi) is 4.77. The lowest BCUT2D eigenvalue weighted by molar-refractivity contribution is -0.185. The SMILES string of the molecule is COC(=O)C1(C2(O)CCN(C(=O)OCC3c4ccccc4-c4ccccc43)C2)CCC1. The number of amides is 1. The fraction of sp³-hybridized carbons (Fsp3) is 0.440. The summed E-state index contributed by atoms with van der Waals surface area (Å²) < 4.78 is 10.7. The monoisotopic (exact) mass is 421 g/mol. The van der Waals surface area contributed by atoms with E-state index in [9.17, 15) is 14.7 Å². The van der Waals surface area contributed by atoms with Crippen LogP contribution in [-0.2, 0) is 14.3 Å². The third-order valence-electron chi connectivity index (χ3n) is 7.52. The van der Waals surface area contributed by atoms with Crippen molar-refractivity contribution in [1.82, 2.24) is 4.90 Å². The smallest absolute Gasteiger partial charge is 0.409 e. The van der Waals surface area contributed by atoms with E-state index in [2.05, 4.69) is 24.3 Å². The van der Waals surface area contributed by atoms with Crippen molar-refractivity contribution in [2.24, 2.45) is 5.41 Å². The Labute approximate surface area is 181 Å². The molecule has 0 aromatic heterocycles. The van der Waals surface area contributed by atoms with Crippen LogP contribution in [-0.4, -0.2) is 54.5 Å². The molecule has 1 unspecified atom stereocenters. The van der Waals surface area contributed by atoms with Gasteiger partial charge in [0.15, 0.2) is 0 Å². The minimum Gasteiger partial charge on any atom is -0.469 e. The molecule has 6 nitrogen and oxygen atoms in total. The van der Waals surface area contributed by atoms with Gasteiger partial charge < -0.3 is 19.5 Å². The summed E-state index contributed by atoms with van der Waals surface area (Å²) in [7, 11) is 1.35. The molecule has 31 heavy (non-hydrogen) atoms. The fourth-order valence-electron chi connectivity index (χ4n) is 5.61. The highest BCUT2D eigenvalue weighted by atomic mass is 16.6. The van der Waals surface area contributed by atoms with Gasteiger partial charge in [-0.25, -0.2) is 4.79 Å². The van der Waals surface area contributed by atoms with Crippen LogP contribution in [0.15, 0.2) is 48.5 Å². The minimum atomic E-state index is -1.26.